The quantitative estimate of drug-likeness (QED) is 0.677. The fourth-order valence-corrected chi connectivity index (χ4v) is 2.68. The number of piperidine rings is 1. The van der Waals surface area contributed by atoms with Crippen molar-refractivity contribution in [2.24, 2.45) is 10.8 Å². The Morgan fingerprint density at radius 3 is 2.00 bits per heavy atom. The lowest BCUT2D eigenvalue weighted by atomic mass is 9.72. The molecule has 92 valence electrons. The minimum absolute atomic E-state index is 0.178. The average molecular weight is 225 g/mol. The highest BCUT2D eigenvalue weighted by Crippen LogP contribution is 2.39. The highest BCUT2D eigenvalue weighted by Gasteiger charge is 2.39. The summed E-state index contributed by atoms with van der Waals surface area (Å²) in [5, 5.41) is 1.78. The van der Waals surface area contributed by atoms with Gasteiger partial charge in [0.1, 0.15) is 0 Å². The summed E-state index contributed by atoms with van der Waals surface area (Å²) in [6.07, 6.45) is 1.14. The summed E-state index contributed by atoms with van der Waals surface area (Å²) in [7, 11) is 0. The van der Waals surface area contributed by atoms with Crippen LogP contribution in [0.4, 0.5) is 0 Å². The van der Waals surface area contributed by atoms with E-state index in [1.165, 1.54) is 0 Å². The largest absolute Gasteiger partial charge is 0.364 e. The first-order valence-corrected chi connectivity index (χ1v) is 5.74. The minimum atomic E-state index is -0.325. The first kappa shape index (κ1) is 13.2. The van der Waals surface area contributed by atoms with Crippen molar-refractivity contribution in [2.45, 2.75) is 41.0 Å². The van der Waals surface area contributed by atoms with Crippen LogP contribution in [0.25, 0.3) is 0 Å². The van der Waals surface area contributed by atoms with E-state index in [1.807, 2.05) is 0 Å². The molecule has 1 heterocycles. The molecule has 16 heavy (non-hydrogen) atoms. The first-order valence-electron chi connectivity index (χ1n) is 5.74. The van der Waals surface area contributed by atoms with E-state index in [2.05, 4.69) is 34.3 Å². The van der Waals surface area contributed by atoms with Crippen LogP contribution >= 0.6 is 0 Å². The highest BCUT2D eigenvalue weighted by molar-refractivity contribution is 5.86. The summed E-state index contributed by atoms with van der Waals surface area (Å²) in [5.74, 6) is -0.325. The number of hydroxylamine groups is 2. The van der Waals surface area contributed by atoms with Gasteiger partial charge in [0, 0.05) is 18.7 Å². The molecule has 0 aromatic carbocycles. The highest BCUT2D eigenvalue weighted by atomic mass is 16.7. The molecule has 0 unspecified atom stereocenters. The van der Waals surface area contributed by atoms with Gasteiger partial charge in [0.2, 0.25) is 0 Å². The van der Waals surface area contributed by atoms with Crippen LogP contribution in [0.2, 0.25) is 0 Å². The minimum Gasteiger partial charge on any atom is -0.364 e. The van der Waals surface area contributed by atoms with Crippen LogP contribution in [-0.4, -0.2) is 24.1 Å². The van der Waals surface area contributed by atoms with Crippen LogP contribution in [0.5, 0.6) is 0 Å². The molecule has 0 amide bonds. The van der Waals surface area contributed by atoms with E-state index < -0.39 is 0 Å². The van der Waals surface area contributed by atoms with Gasteiger partial charge in [0.15, 0.2) is 0 Å². The summed E-state index contributed by atoms with van der Waals surface area (Å²) in [6, 6.07) is 0. The van der Waals surface area contributed by atoms with Crippen LogP contribution in [0.3, 0.4) is 0 Å². The number of hydrogen-bond donors (Lipinski definition) is 0. The second kappa shape index (κ2) is 4.21. The summed E-state index contributed by atoms with van der Waals surface area (Å²) in [5.41, 5.74) is 0.801. The molecule has 0 aromatic heterocycles. The van der Waals surface area contributed by atoms with Crippen LogP contribution < -0.4 is 0 Å². The molecule has 0 atom stereocenters. The van der Waals surface area contributed by atoms with Gasteiger partial charge in [-0.25, -0.2) is 4.79 Å². The van der Waals surface area contributed by atoms with Gasteiger partial charge >= 0.3 is 5.97 Å². The standard InChI is InChI=1S/C13H23NO2/c1-10(2)11(15)16-14-8-12(3,4)7-13(5,6)9-14/h1,7-9H2,2-6H3. The Kier molecular flexibility index (Phi) is 3.48. The second-order valence-electron chi connectivity index (χ2n) is 6.46. The van der Waals surface area contributed by atoms with Crippen molar-refractivity contribution in [3.8, 4) is 0 Å². The van der Waals surface area contributed by atoms with Crippen molar-refractivity contribution in [1.29, 1.82) is 0 Å². The number of hydrogen-bond acceptors (Lipinski definition) is 3. The van der Waals surface area contributed by atoms with Crippen molar-refractivity contribution < 1.29 is 9.63 Å². The molecule has 0 spiro atoms. The molecule has 0 bridgehead atoms. The third kappa shape index (κ3) is 3.63. The van der Waals surface area contributed by atoms with Crippen molar-refractivity contribution in [1.82, 2.24) is 5.06 Å². The molecule has 0 aliphatic carbocycles. The zero-order valence-electron chi connectivity index (χ0n) is 11.1. The molecule has 1 fully saturated rings. The third-order valence-electron chi connectivity index (χ3n) is 2.73. The van der Waals surface area contributed by atoms with Gasteiger partial charge in [-0.05, 0) is 24.2 Å². The molecule has 1 saturated heterocycles. The lowest BCUT2D eigenvalue weighted by molar-refractivity contribution is -0.211. The fraction of sp³-hybridized carbons (Fsp3) is 0.769. The molecular formula is C13H23NO2. The number of carbonyl (C=O) groups is 1. The van der Waals surface area contributed by atoms with Gasteiger partial charge in [0.25, 0.3) is 0 Å². The summed E-state index contributed by atoms with van der Waals surface area (Å²) in [6.45, 7) is 15.7. The van der Waals surface area contributed by atoms with Gasteiger partial charge in [-0.1, -0.05) is 34.3 Å². The van der Waals surface area contributed by atoms with Gasteiger partial charge in [-0.2, -0.15) is 0 Å². The summed E-state index contributed by atoms with van der Waals surface area (Å²) in [4.78, 5) is 16.8. The molecular weight excluding hydrogens is 202 g/mol. The van der Waals surface area contributed by atoms with Gasteiger partial charge in [0.05, 0.1) is 0 Å². The van der Waals surface area contributed by atoms with E-state index in [-0.39, 0.29) is 16.8 Å². The Balaban J connectivity index is 2.68. The van der Waals surface area contributed by atoms with Crippen molar-refractivity contribution in [2.75, 3.05) is 13.1 Å². The van der Waals surface area contributed by atoms with Crippen molar-refractivity contribution in [3.63, 3.8) is 0 Å². The number of nitrogens with zero attached hydrogens (tertiary/aromatic N) is 1. The molecule has 0 N–H and O–H groups in total. The predicted octanol–water partition coefficient (Wildman–Crippen LogP) is 2.78. The lowest BCUT2D eigenvalue weighted by Crippen LogP contribution is -2.49. The number of carbonyl (C=O) groups excluding carboxylic acids is 1. The van der Waals surface area contributed by atoms with E-state index in [1.54, 1.807) is 12.0 Å². The Morgan fingerprint density at radius 1 is 1.19 bits per heavy atom. The van der Waals surface area contributed by atoms with E-state index in [0.717, 1.165) is 19.5 Å². The number of rotatable bonds is 2. The topological polar surface area (TPSA) is 29.5 Å². The van der Waals surface area contributed by atoms with E-state index >= 15 is 0 Å². The summed E-state index contributed by atoms with van der Waals surface area (Å²) < 4.78 is 0. The van der Waals surface area contributed by atoms with Crippen LogP contribution in [0, 0.1) is 10.8 Å². The van der Waals surface area contributed by atoms with E-state index in [9.17, 15) is 4.79 Å². The molecule has 0 saturated carbocycles. The fourth-order valence-electron chi connectivity index (χ4n) is 2.68. The summed E-state index contributed by atoms with van der Waals surface area (Å²) >= 11 is 0. The molecule has 1 rings (SSSR count). The molecule has 1 aliphatic heterocycles. The maximum atomic E-state index is 11.5. The lowest BCUT2D eigenvalue weighted by Gasteiger charge is -2.45. The van der Waals surface area contributed by atoms with Gasteiger partial charge < -0.3 is 4.84 Å². The first-order chi connectivity index (χ1) is 7.11. The second-order valence-corrected chi connectivity index (χ2v) is 6.46. The van der Waals surface area contributed by atoms with E-state index in [0.29, 0.717) is 5.57 Å². The SMILES string of the molecule is C=C(C)C(=O)ON1CC(C)(C)CC(C)(C)C1. The third-order valence-corrected chi connectivity index (χ3v) is 2.73. The normalized spacial score (nSPS) is 23.8. The Morgan fingerprint density at radius 2 is 1.62 bits per heavy atom. The molecule has 3 heteroatoms. The van der Waals surface area contributed by atoms with Crippen LogP contribution in [0.1, 0.15) is 41.0 Å². The van der Waals surface area contributed by atoms with Crippen molar-refractivity contribution >= 4 is 5.97 Å². The average Bonchev–Trinajstić information content (AvgIpc) is 1.96. The monoisotopic (exact) mass is 225 g/mol. The predicted molar refractivity (Wildman–Crippen MR) is 64.7 cm³/mol. The van der Waals surface area contributed by atoms with E-state index in [4.69, 9.17) is 4.84 Å². The zero-order valence-corrected chi connectivity index (χ0v) is 11.1. The Hall–Kier alpha value is -0.830. The molecule has 0 aromatic rings. The Labute approximate surface area is 98.4 Å². The van der Waals surface area contributed by atoms with Gasteiger partial charge in [-0.3, -0.25) is 0 Å². The smallest absolute Gasteiger partial charge is 0.352 e. The van der Waals surface area contributed by atoms with Crippen LogP contribution in [0.15, 0.2) is 12.2 Å². The van der Waals surface area contributed by atoms with Gasteiger partial charge in [-0.15, -0.1) is 5.06 Å². The molecule has 1 aliphatic rings. The zero-order chi connectivity index (χ0) is 12.6. The maximum absolute atomic E-state index is 11.5. The van der Waals surface area contributed by atoms with Crippen molar-refractivity contribution in [3.05, 3.63) is 12.2 Å². The molecule has 0 radical (unpaired) electrons. The Bertz CT molecular complexity index is 289. The van der Waals surface area contributed by atoms with Crippen LogP contribution in [-0.2, 0) is 9.63 Å². The molecule has 3 nitrogen and oxygen atoms in total. The maximum Gasteiger partial charge on any atom is 0.352 e.